The van der Waals surface area contributed by atoms with Crippen LogP contribution in [0.1, 0.15) is 24.2 Å². The fraction of sp³-hybridized carbons (Fsp3) is 0.333. The molecule has 5 heteroatoms. The largest absolute Gasteiger partial charge is 0.478 e. The number of pyridine rings is 1. The van der Waals surface area contributed by atoms with Crippen LogP contribution < -0.4 is 5.56 Å². The van der Waals surface area contributed by atoms with E-state index in [4.69, 9.17) is 5.11 Å². The molecule has 5 nitrogen and oxygen atoms in total. The van der Waals surface area contributed by atoms with Crippen molar-refractivity contribution >= 4 is 5.97 Å². The Kier molecular flexibility index (Phi) is 5.71. The number of rotatable bonds is 7. The highest BCUT2D eigenvalue weighted by Gasteiger charge is 2.08. The van der Waals surface area contributed by atoms with Gasteiger partial charge in [0.15, 0.2) is 0 Å². The summed E-state index contributed by atoms with van der Waals surface area (Å²) in [5, 5.41) is 8.94. The van der Waals surface area contributed by atoms with E-state index >= 15 is 0 Å². The van der Waals surface area contributed by atoms with Gasteiger partial charge in [-0.05, 0) is 42.9 Å². The summed E-state index contributed by atoms with van der Waals surface area (Å²) in [6.45, 7) is 7.60. The Bertz CT molecular complexity index is 716. The summed E-state index contributed by atoms with van der Waals surface area (Å²) in [6, 6.07) is 10.0. The van der Waals surface area contributed by atoms with E-state index in [1.54, 1.807) is 29.0 Å². The fourth-order valence-electron chi connectivity index (χ4n) is 2.51. The molecule has 0 unspecified atom stereocenters. The quantitative estimate of drug-likeness (QED) is 0.853. The summed E-state index contributed by atoms with van der Waals surface area (Å²) in [7, 11) is 0. The second kappa shape index (κ2) is 7.74. The van der Waals surface area contributed by atoms with Crippen LogP contribution in [-0.2, 0) is 6.54 Å². The van der Waals surface area contributed by atoms with Crippen molar-refractivity contribution < 1.29 is 9.90 Å². The Hall–Kier alpha value is -2.40. The lowest BCUT2D eigenvalue weighted by atomic mass is 10.1. The molecule has 0 bridgehead atoms. The monoisotopic (exact) mass is 314 g/mol. The number of carboxylic acid groups (broad SMARTS) is 1. The van der Waals surface area contributed by atoms with Crippen LogP contribution in [0.15, 0.2) is 47.4 Å². The van der Waals surface area contributed by atoms with Crippen molar-refractivity contribution in [3.63, 3.8) is 0 Å². The number of hydrogen-bond acceptors (Lipinski definition) is 3. The smallest absolute Gasteiger partial charge is 0.335 e. The van der Waals surface area contributed by atoms with E-state index in [0.717, 1.165) is 25.2 Å². The molecule has 2 rings (SSSR count). The van der Waals surface area contributed by atoms with Crippen LogP contribution in [0.5, 0.6) is 0 Å². The predicted molar refractivity (Wildman–Crippen MR) is 90.9 cm³/mol. The number of likely N-dealkylation sites (N-methyl/N-ethyl adjacent to an activating group) is 1. The van der Waals surface area contributed by atoms with Crippen molar-refractivity contribution in [3.8, 4) is 11.1 Å². The molecule has 122 valence electrons. The Labute approximate surface area is 135 Å². The second-order valence-corrected chi connectivity index (χ2v) is 5.33. The summed E-state index contributed by atoms with van der Waals surface area (Å²) < 4.78 is 1.71. The standard InChI is InChI=1S/C18H22N2O3/c1-3-19(4-2)12-13-20-11-5-6-16(17(20)21)14-7-9-15(10-8-14)18(22)23/h5-11H,3-4,12-13H2,1-2H3,(H,22,23). The normalized spacial score (nSPS) is 10.9. The van der Waals surface area contributed by atoms with Crippen molar-refractivity contribution in [2.75, 3.05) is 19.6 Å². The number of benzene rings is 1. The van der Waals surface area contributed by atoms with Crippen molar-refractivity contribution in [2.45, 2.75) is 20.4 Å². The van der Waals surface area contributed by atoms with Crippen LogP contribution in [0, 0.1) is 0 Å². The average molecular weight is 314 g/mol. The molecule has 0 aliphatic rings. The molecule has 0 atom stereocenters. The van der Waals surface area contributed by atoms with E-state index in [9.17, 15) is 9.59 Å². The van der Waals surface area contributed by atoms with E-state index in [1.807, 2.05) is 6.07 Å². The van der Waals surface area contributed by atoms with Crippen LogP contribution in [-0.4, -0.2) is 40.2 Å². The van der Waals surface area contributed by atoms with E-state index in [2.05, 4.69) is 18.7 Å². The molecule has 1 heterocycles. The Morgan fingerprint density at radius 2 is 1.78 bits per heavy atom. The van der Waals surface area contributed by atoms with Gasteiger partial charge in [-0.3, -0.25) is 4.79 Å². The minimum absolute atomic E-state index is 0.0530. The molecule has 0 fully saturated rings. The van der Waals surface area contributed by atoms with Gasteiger partial charge in [-0.1, -0.05) is 26.0 Å². The van der Waals surface area contributed by atoms with Gasteiger partial charge in [0.05, 0.1) is 5.56 Å². The summed E-state index contributed by atoms with van der Waals surface area (Å²) in [4.78, 5) is 25.8. The zero-order chi connectivity index (χ0) is 16.8. The van der Waals surface area contributed by atoms with Gasteiger partial charge in [0, 0.05) is 24.8 Å². The zero-order valence-corrected chi connectivity index (χ0v) is 13.5. The van der Waals surface area contributed by atoms with Crippen molar-refractivity contribution in [1.29, 1.82) is 0 Å². The molecule has 0 aliphatic carbocycles. The first-order valence-electron chi connectivity index (χ1n) is 7.82. The van der Waals surface area contributed by atoms with Gasteiger partial charge in [-0.25, -0.2) is 4.79 Å². The van der Waals surface area contributed by atoms with Crippen LogP contribution in [0.2, 0.25) is 0 Å². The lowest BCUT2D eigenvalue weighted by Crippen LogP contribution is -2.31. The molecule has 2 aromatic rings. The van der Waals surface area contributed by atoms with Crippen LogP contribution in [0.3, 0.4) is 0 Å². The summed E-state index contributed by atoms with van der Waals surface area (Å²) in [5.41, 5.74) is 1.48. The van der Waals surface area contributed by atoms with Gasteiger partial charge in [-0.2, -0.15) is 0 Å². The minimum atomic E-state index is -0.971. The van der Waals surface area contributed by atoms with Gasteiger partial charge in [0.25, 0.3) is 5.56 Å². The molecule has 0 spiro atoms. The highest BCUT2D eigenvalue weighted by Crippen LogP contribution is 2.16. The molecule has 0 saturated heterocycles. The number of nitrogens with zero attached hydrogens (tertiary/aromatic N) is 2. The van der Waals surface area contributed by atoms with E-state index in [1.165, 1.54) is 12.1 Å². The molecular formula is C18H22N2O3. The summed E-state index contributed by atoms with van der Waals surface area (Å²) in [5.74, 6) is -0.971. The van der Waals surface area contributed by atoms with Crippen LogP contribution in [0.25, 0.3) is 11.1 Å². The number of carboxylic acids is 1. The van der Waals surface area contributed by atoms with Crippen LogP contribution in [0.4, 0.5) is 0 Å². The third kappa shape index (κ3) is 4.07. The summed E-state index contributed by atoms with van der Waals surface area (Å²) in [6.07, 6.45) is 1.79. The van der Waals surface area contributed by atoms with Crippen molar-refractivity contribution in [1.82, 2.24) is 9.47 Å². The van der Waals surface area contributed by atoms with Gasteiger partial charge < -0.3 is 14.6 Å². The topological polar surface area (TPSA) is 62.5 Å². The molecule has 0 amide bonds. The third-order valence-electron chi connectivity index (χ3n) is 4.01. The van der Waals surface area contributed by atoms with Gasteiger partial charge in [0.1, 0.15) is 0 Å². The highest BCUT2D eigenvalue weighted by molar-refractivity contribution is 5.88. The van der Waals surface area contributed by atoms with E-state index in [0.29, 0.717) is 12.1 Å². The number of hydrogen-bond donors (Lipinski definition) is 1. The molecule has 0 radical (unpaired) electrons. The van der Waals surface area contributed by atoms with Crippen molar-refractivity contribution in [2.24, 2.45) is 0 Å². The van der Waals surface area contributed by atoms with Crippen molar-refractivity contribution in [3.05, 3.63) is 58.5 Å². The molecule has 0 saturated carbocycles. The maximum Gasteiger partial charge on any atom is 0.335 e. The maximum atomic E-state index is 12.6. The van der Waals surface area contributed by atoms with Gasteiger partial charge in [-0.15, -0.1) is 0 Å². The third-order valence-corrected chi connectivity index (χ3v) is 4.01. The molecular weight excluding hydrogens is 292 g/mol. The molecule has 1 aromatic heterocycles. The fourth-order valence-corrected chi connectivity index (χ4v) is 2.51. The first kappa shape index (κ1) is 17.0. The predicted octanol–water partition coefficient (Wildman–Crippen LogP) is 2.56. The number of aromatic nitrogens is 1. The van der Waals surface area contributed by atoms with E-state index in [-0.39, 0.29) is 11.1 Å². The molecule has 1 aromatic carbocycles. The zero-order valence-electron chi connectivity index (χ0n) is 13.5. The highest BCUT2D eigenvalue weighted by atomic mass is 16.4. The Balaban J connectivity index is 2.25. The molecule has 23 heavy (non-hydrogen) atoms. The summed E-state index contributed by atoms with van der Waals surface area (Å²) >= 11 is 0. The number of carbonyl (C=O) groups is 1. The lowest BCUT2D eigenvalue weighted by molar-refractivity contribution is 0.0697. The SMILES string of the molecule is CCN(CC)CCn1cccc(-c2ccc(C(=O)O)cc2)c1=O. The van der Waals surface area contributed by atoms with Gasteiger partial charge in [0.2, 0.25) is 0 Å². The lowest BCUT2D eigenvalue weighted by Gasteiger charge is -2.18. The number of aromatic carboxylic acids is 1. The Morgan fingerprint density at radius 1 is 1.13 bits per heavy atom. The maximum absolute atomic E-state index is 12.6. The molecule has 1 N–H and O–H groups in total. The van der Waals surface area contributed by atoms with Crippen LogP contribution >= 0.6 is 0 Å². The Morgan fingerprint density at radius 3 is 2.35 bits per heavy atom. The first-order valence-corrected chi connectivity index (χ1v) is 7.82. The van der Waals surface area contributed by atoms with E-state index < -0.39 is 5.97 Å². The first-order chi connectivity index (χ1) is 11.1. The van der Waals surface area contributed by atoms with Gasteiger partial charge >= 0.3 is 5.97 Å². The molecule has 0 aliphatic heterocycles. The minimum Gasteiger partial charge on any atom is -0.478 e. The average Bonchev–Trinajstić information content (AvgIpc) is 2.57. The second-order valence-electron chi connectivity index (χ2n) is 5.33.